The number of methoxy groups -OCH3 is 1. The van der Waals surface area contributed by atoms with Crippen molar-refractivity contribution >= 4 is 17.8 Å². The molecule has 4 nitrogen and oxygen atoms in total. The molecule has 3 rings (SSSR count). The van der Waals surface area contributed by atoms with Crippen molar-refractivity contribution in [2.75, 3.05) is 13.7 Å². The normalized spacial score (nSPS) is 19.4. The van der Waals surface area contributed by atoms with Crippen LogP contribution < -0.4 is 4.74 Å². The van der Waals surface area contributed by atoms with E-state index in [0.29, 0.717) is 6.42 Å². The highest BCUT2D eigenvalue weighted by Crippen LogP contribution is 2.37. The number of rotatable bonds is 6. The maximum absolute atomic E-state index is 12.8. The summed E-state index contributed by atoms with van der Waals surface area (Å²) < 4.78 is 10.3. The third-order valence-electron chi connectivity index (χ3n) is 4.87. The lowest BCUT2D eigenvalue weighted by atomic mass is 9.75. The fraction of sp³-hybridized carbons (Fsp3) is 0.250. The average Bonchev–Trinajstić information content (AvgIpc) is 2.73. The van der Waals surface area contributed by atoms with Crippen molar-refractivity contribution < 1.29 is 19.1 Å². The molecule has 0 spiro atoms. The van der Waals surface area contributed by atoms with Gasteiger partial charge in [-0.3, -0.25) is 9.59 Å². The maximum Gasteiger partial charge on any atom is 0.317 e. The second-order valence-electron chi connectivity index (χ2n) is 6.68. The molecule has 28 heavy (non-hydrogen) atoms. The number of hydrogen-bond acceptors (Lipinski definition) is 4. The first kappa shape index (κ1) is 19.6. The van der Waals surface area contributed by atoms with Crippen molar-refractivity contribution in [2.24, 2.45) is 5.92 Å². The Morgan fingerprint density at radius 3 is 2.43 bits per heavy atom. The number of ketones is 1. The van der Waals surface area contributed by atoms with Crippen LogP contribution in [0.2, 0.25) is 0 Å². The molecule has 2 aromatic rings. The van der Waals surface area contributed by atoms with E-state index in [2.05, 4.69) is 0 Å². The Hall–Kier alpha value is -3.14. The Kier molecular flexibility index (Phi) is 6.43. The van der Waals surface area contributed by atoms with Crippen LogP contribution in [0.4, 0.5) is 0 Å². The van der Waals surface area contributed by atoms with Gasteiger partial charge in [0.25, 0.3) is 0 Å². The van der Waals surface area contributed by atoms with Gasteiger partial charge in [-0.2, -0.15) is 0 Å². The van der Waals surface area contributed by atoms with Gasteiger partial charge in [-0.25, -0.2) is 0 Å². The molecule has 0 fully saturated rings. The summed E-state index contributed by atoms with van der Waals surface area (Å²) in [6, 6.07) is 17.4. The molecule has 1 aliphatic rings. The Labute approximate surface area is 165 Å². The lowest BCUT2D eigenvalue weighted by Crippen LogP contribution is -2.34. The lowest BCUT2D eigenvalue weighted by molar-refractivity contribution is -0.151. The highest BCUT2D eigenvalue weighted by molar-refractivity contribution is 6.07. The van der Waals surface area contributed by atoms with Crippen LogP contribution in [0.15, 0.2) is 72.3 Å². The molecule has 0 saturated carbocycles. The van der Waals surface area contributed by atoms with Crippen molar-refractivity contribution in [3.8, 4) is 5.75 Å². The Morgan fingerprint density at radius 1 is 1.07 bits per heavy atom. The van der Waals surface area contributed by atoms with E-state index in [4.69, 9.17) is 9.47 Å². The monoisotopic (exact) mass is 376 g/mol. The number of benzene rings is 2. The summed E-state index contributed by atoms with van der Waals surface area (Å²) >= 11 is 0. The van der Waals surface area contributed by atoms with Gasteiger partial charge < -0.3 is 9.47 Å². The number of esters is 1. The fourth-order valence-corrected chi connectivity index (χ4v) is 3.46. The molecule has 144 valence electrons. The van der Waals surface area contributed by atoms with Gasteiger partial charge in [0.05, 0.1) is 13.7 Å². The molecule has 0 aromatic heterocycles. The van der Waals surface area contributed by atoms with E-state index < -0.39 is 11.9 Å². The topological polar surface area (TPSA) is 52.6 Å². The molecule has 4 heteroatoms. The molecule has 2 atom stereocenters. The summed E-state index contributed by atoms with van der Waals surface area (Å²) in [7, 11) is 1.63. The predicted octanol–water partition coefficient (Wildman–Crippen LogP) is 4.57. The number of carbonyl (C=O) groups excluding carboxylic acids is 2. The van der Waals surface area contributed by atoms with E-state index in [0.717, 1.165) is 22.4 Å². The van der Waals surface area contributed by atoms with E-state index in [1.165, 1.54) is 0 Å². The molecule has 2 unspecified atom stereocenters. The Balaban J connectivity index is 1.86. The average molecular weight is 376 g/mol. The van der Waals surface area contributed by atoms with Crippen LogP contribution in [0, 0.1) is 5.92 Å². The molecule has 1 aliphatic carbocycles. The van der Waals surface area contributed by atoms with E-state index in [9.17, 15) is 9.59 Å². The fourth-order valence-electron chi connectivity index (χ4n) is 3.46. The summed E-state index contributed by atoms with van der Waals surface area (Å²) in [5.41, 5.74) is 2.88. The molecule has 0 heterocycles. The highest BCUT2D eigenvalue weighted by Gasteiger charge is 2.38. The SMILES string of the molecule is CCOC(=O)C1C(=O)C=C(/C=C/c2ccc(OC)cc2)CC1c1ccccc1. The first-order valence-electron chi connectivity index (χ1n) is 9.40. The molecular weight excluding hydrogens is 352 g/mol. The van der Waals surface area contributed by atoms with Crippen molar-refractivity contribution in [1.29, 1.82) is 0 Å². The first-order valence-corrected chi connectivity index (χ1v) is 9.40. The van der Waals surface area contributed by atoms with Crippen LogP contribution in [0.1, 0.15) is 30.4 Å². The second kappa shape index (κ2) is 9.18. The quantitative estimate of drug-likeness (QED) is 0.547. The highest BCUT2D eigenvalue weighted by atomic mass is 16.5. The van der Waals surface area contributed by atoms with Crippen molar-refractivity contribution in [3.05, 3.63) is 83.4 Å². The van der Waals surface area contributed by atoms with Crippen molar-refractivity contribution in [3.63, 3.8) is 0 Å². The van der Waals surface area contributed by atoms with Gasteiger partial charge >= 0.3 is 5.97 Å². The minimum absolute atomic E-state index is 0.201. The summed E-state index contributed by atoms with van der Waals surface area (Å²) in [5.74, 6) is -0.872. The second-order valence-corrected chi connectivity index (χ2v) is 6.68. The smallest absolute Gasteiger partial charge is 0.317 e. The minimum Gasteiger partial charge on any atom is -0.497 e. The van der Waals surface area contributed by atoms with Gasteiger partial charge in [-0.05, 0) is 48.3 Å². The third kappa shape index (κ3) is 4.58. The molecule has 0 radical (unpaired) electrons. The van der Waals surface area contributed by atoms with E-state index >= 15 is 0 Å². The first-order chi connectivity index (χ1) is 13.6. The van der Waals surface area contributed by atoms with Gasteiger partial charge in [0, 0.05) is 5.92 Å². The Bertz CT molecular complexity index is 879. The van der Waals surface area contributed by atoms with Crippen LogP contribution in [0.3, 0.4) is 0 Å². The van der Waals surface area contributed by atoms with Gasteiger partial charge in [-0.1, -0.05) is 54.6 Å². The van der Waals surface area contributed by atoms with Crippen molar-refractivity contribution in [1.82, 2.24) is 0 Å². The third-order valence-corrected chi connectivity index (χ3v) is 4.87. The number of hydrogen-bond donors (Lipinski definition) is 0. The minimum atomic E-state index is -0.791. The standard InChI is InChI=1S/C24H24O4/c1-3-28-24(26)23-21(19-7-5-4-6-8-19)15-18(16-22(23)25)10-9-17-11-13-20(27-2)14-12-17/h4-14,16,21,23H,3,15H2,1-2H3/b10-9+. The number of ether oxygens (including phenoxy) is 2. The van der Waals surface area contributed by atoms with Crippen molar-refractivity contribution in [2.45, 2.75) is 19.3 Å². The maximum atomic E-state index is 12.8. The van der Waals surface area contributed by atoms with Gasteiger partial charge in [0.1, 0.15) is 11.7 Å². The summed E-state index contributed by atoms with van der Waals surface area (Å²) in [6.07, 6.45) is 6.08. The summed E-state index contributed by atoms with van der Waals surface area (Å²) in [6.45, 7) is 2.01. The van der Waals surface area contributed by atoms with Gasteiger partial charge in [-0.15, -0.1) is 0 Å². The molecule has 2 aromatic carbocycles. The molecular formula is C24H24O4. The zero-order valence-corrected chi connectivity index (χ0v) is 16.1. The van der Waals surface area contributed by atoms with E-state index in [1.54, 1.807) is 20.1 Å². The number of allylic oxidation sites excluding steroid dienone is 3. The summed E-state index contributed by atoms with van der Waals surface area (Å²) in [5, 5.41) is 0. The molecule has 0 bridgehead atoms. The van der Waals surface area contributed by atoms with Crippen LogP contribution in [0.25, 0.3) is 6.08 Å². The van der Waals surface area contributed by atoms with E-state index in [1.807, 2.05) is 66.7 Å². The zero-order chi connectivity index (χ0) is 19.9. The Morgan fingerprint density at radius 2 is 1.79 bits per heavy atom. The van der Waals surface area contributed by atoms with Crippen LogP contribution in [-0.2, 0) is 14.3 Å². The van der Waals surface area contributed by atoms with Crippen LogP contribution in [-0.4, -0.2) is 25.5 Å². The van der Waals surface area contributed by atoms with Crippen LogP contribution >= 0.6 is 0 Å². The van der Waals surface area contributed by atoms with E-state index in [-0.39, 0.29) is 18.3 Å². The molecule has 0 amide bonds. The largest absolute Gasteiger partial charge is 0.497 e. The van der Waals surface area contributed by atoms with Gasteiger partial charge in [0.15, 0.2) is 5.78 Å². The predicted molar refractivity (Wildman–Crippen MR) is 109 cm³/mol. The number of carbonyl (C=O) groups is 2. The summed E-state index contributed by atoms with van der Waals surface area (Å²) in [4.78, 5) is 25.2. The molecule has 0 saturated heterocycles. The lowest BCUT2D eigenvalue weighted by Gasteiger charge is -2.28. The molecule has 0 N–H and O–H groups in total. The van der Waals surface area contributed by atoms with Gasteiger partial charge in [0.2, 0.25) is 0 Å². The zero-order valence-electron chi connectivity index (χ0n) is 16.1. The van der Waals surface area contributed by atoms with Crippen LogP contribution in [0.5, 0.6) is 5.75 Å². The molecule has 0 aliphatic heterocycles.